The van der Waals surface area contributed by atoms with Gasteiger partial charge in [0.25, 0.3) is 8.53 Å². The number of nitrogens with zero attached hydrogens (tertiary/aromatic N) is 2. The predicted octanol–water partition coefficient (Wildman–Crippen LogP) is 8.50. The van der Waals surface area contributed by atoms with Gasteiger partial charge in [-0.2, -0.15) is 0 Å². The van der Waals surface area contributed by atoms with Crippen LogP contribution >= 0.6 is 8.53 Å². The van der Waals surface area contributed by atoms with E-state index in [2.05, 4.69) is 20.1 Å². The Morgan fingerprint density at radius 1 is 0.803 bits per heavy atom. The van der Waals surface area contributed by atoms with Crippen LogP contribution in [-0.2, 0) is 44.9 Å². The summed E-state index contributed by atoms with van der Waals surface area (Å²) in [6, 6.07) is 32.1. The van der Waals surface area contributed by atoms with E-state index in [0.29, 0.717) is 17.2 Å². The first-order valence-electron chi connectivity index (χ1n) is 22.1. The molecule has 0 saturated carbocycles. The molecule has 0 aromatic heterocycles. The zero-order valence-corrected chi connectivity index (χ0v) is 40.3. The van der Waals surface area contributed by atoms with Crippen molar-refractivity contribution in [2.75, 3.05) is 54.3 Å². The SMILES string of the molecule is [C-]#[N+]CCOP(OC1C(COC(=O)NCc2cccc(OC)c2)OC(OCCOC(c2ccccc2)(c2ccc(OC)cc2)c2ccc(OC)cc2)C(NC(C)=O)C1C)N(C(C)C)C(C)C. The van der Waals surface area contributed by atoms with Crippen LogP contribution in [0.3, 0.4) is 0 Å². The van der Waals surface area contributed by atoms with E-state index < -0.39 is 50.7 Å². The summed E-state index contributed by atoms with van der Waals surface area (Å²) in [5.74, 6) is 1.31. The van der Waals surface area contributed by atoms with Gasteiger partial charge in [0.2, 0.25) is 12.5 Å². The molecule has 0 spiro atoms. The Kier molecular flexibility index (Phi) is 20.0. The van der Waals surface area contributed by atoms with Crippen LogP contribution in [-0.4, -0.2) is 108 Å². The first-order valence-corrected chi connectivity index (χ1v) is 23.3. The number of amides is 2. The van der Waals surface area contributed by atoms with Crippen molar-refractivity contribution in [3.05, 3.63) is 137 Å². The molecule has 0 bridgehead atoms. The quantitative estimate of drug-likeness (QED) is 0.0301. The van der Waals surface area contributed by atoms with Gasteiger partial charge in [-0.3, -0.25) is 4.79 Å². The molecule has 16 heteroatoms. The highest BCUT2D eigenvalue weighted by molar-refractivity contribution is 7.44. The highest BCUT2D eigenvalue weighted by Gasteiger charge is 2.48. The molecule has 66 heavy (non-hydrogen) atoms. The van der Waals surface area contributed by atoms with E-state index in [9.17, 15) is 9.59 Å². The van der Waals surface area contributed by atoms with Crippen LogP contribution < -0.4 is 24.8 Å². The summed E-state index contributed by atoms with van der Waals surface area (Å²) in [4.78, 5) is 29.6. The molecule has 1 fully saturated rings. The van der Waals surface area contributed by atoms with Crippen LogP contribution in [0.1, 0.15) is 63.8 Å². The standard InChI is InChI=1S/C50H65N4O11P/c1-34(2)54(35(3)4)66(63-28-27-51-7)65-47-36(5)46(53-37(6)55)48(64-45(47)33-61-49(56)52-32-38-15-14-18-44(31-38)59-10)60-29-30-62-50(39-16-12-11-13-17-39,40-19-23-42(57-8)24-20-40)41-21-25-43(58-9)26-22-41/h11-26,31,34-36,45-48H,27-30,32-33H2,1-6,8-10H3,(H,52,56)(H,53,55). The van der Waals surface area contributed by atoms with Crippen molar-refractivity contribution >= 4 is 20.5 Å². The Morgan fingerprint density at radius 3 is 1.97 bits per heavy atom. The van der Waals surface area contributed by atoms with E-state index >= 15 is 0 Å². The number of ether oxygens (including phenoxy) is 7. The van der Waals surface area contributed by atoms with Gasteiger partial charge in [-0.25, -0.2) is 16.0 Å². The second-order valence-corrected chi connectivity index (χ2v) is 17.7. The molecular formula is C50H65N4O11P. The van der Waals surface area contributed by atoms with Gasteiger partial charge in [0.15, 0.2) is 6.29 Å². The molecule has 2 amide bonds. The van der Waals surface area contributed by atoms with Crippen LogP contribution in [0.15, 0.2) is 103 Å². The first-order chi connectivity index (χ1) is 31.8. The number of hydrogen-bond donors (Lipinski definition) is 2. The van der Waals surface area contributed by atoms with E-state index in [4.69, 9.17) is 48.8 Å². The maximum atomic E-state index is 13.3. The molecule has 4 aromatic rings. The summed E-state index contributed by atoms with van der Waals surface area (Å²) in [5, 5.41) is 5.86. The van der Waals surface area contributed by atoms with E-state index in [1.165, 1.54) is 6.92 Å². The van der Waals surface area contributed by atoms with Crippen molar-refractivity contribution < 1.29 is 51.8 Å². The maximum absolute atomic E-state index is 13.3. The maximum Gasteiger partial charge on any atom is 0.407 e. The Morgan fingerprint density at radius 2 is 1.41 bits per heavy atom. The zero-order chi connectivity index (χ0) is 47.6. The van der Waals surface area contributed by atoms with Gasteiger partial charge in [-0.1, -0.05) is 73.7 Å². The lowest BCUT2D eigenvalue weighted by Crippen LogP contribution is -2.62. The van der Waals surface area contributed by atoms with Gasteiger partial charge in [0.1, 0.15) is 42.2 Å². The second kappa shape index (κ2) is 25.6. The molecule has 1 aliphatic heterocycles. The third kappa shape index (κ3) is 13.6. The average molecular weight is 929 g/mol. The van der Waals surface area contributed by atoms with Crippen molar-refractivity contribution in [3.8, 4) is 17.2 Å². The minimum absolute atomic E-state index is 0.0158. The van der Waals surface area contributed by atoms with Crippen LogP contribution in [0.25, 0.3) is 4.85 Å². The van der Waals surface area contributed by atoms with Crippen molar-refractivity contribution in [2.45, 2.75) is 90.3 Å². The smallest absolute Gasteiger partial charge is 0.407 e. The Bertz CT molecular complexity index is 2080. The lowest BCUT2D eigenvalue weighted by molar-refractivity contribution is -0.256. The van der Waals surface area contributed by atoms with Crippen molar-refractivity contribution in [1.29, 1.82) is 0 Å². The highest BCUT2D eigenvalue weighted by Crippen LogP contribution is 2.50. The molecule has 6 unspecified atom stereocenters. The van der Waals surface area contributed by atoms with Crippen molar-refractivity contribution in [3.63, 3.8) is 0 Å². The van der Waals surface area contributed by atoms with Crippen LogP contribution in [0.5, 0.6) is 17.2 Å². The van der Waals surface area contributed by atoms with Crippen molar-refractivity contribution in [2.24, 2.45) is 5.92 Å². The van der Waals surface area contributed by atoms with Crippen LogP contribution in [0, 0.1) is 12.5 Å². The summed E-state index contributed by atoms with van der Waals surface area (Å²) < 4.78 is 57.8. The van der Waals surface area contributed by atoms with Gasteiger partial charge in [0.05, 0.1) is 46.7 Å². The monoisotopic (exact) mass is 928 g/mol. The number of methoxy groups -OCH3 is 3. The third-order valence-electron chi connectivity index (χ3n) is 11.1. The van der Waals surface area contributed by atoms with Gasteiger partial charge >= 0.3 is 6.09 Å². The molecule has 15 nitrogen and oxygen atoms in total. The number of hydrogen-bond acceptors (Lipinski definition) is 12. The number of carbonyl (C=O) groups excluding carboxylic acids is 2. The Labute approximate surface area is 391 Å². The molecule has 1 aliphatic rings. The van der Waals surface area contributed by atoms with Crippen LogP contribution in [0.2, 0.25) is 0 Å². The van der Waals surface area contributed by atoms with Crippen molar-refractivity contribution in [1.82, 2.24) is 15.3 Å². The molecule has 356 valence electrons. The summed E-state index contributed by atoms with van der Waals surface area (Å²) in [6.07, 6.45) is -3.33. The minimum atomic E-state index is -1.76. The number of nitrogens with one attached hydrogen (secondary N) is 2. The zero-order valence-electron chi connectivity index (χ0n) is 39.4. The normalized spacial score (nSPS) is 18.9. The van der Waals surface area contributed by atoms with E-state index in [1.807, 2.05) is 138 Å². The highest BCUT2D eigenvalue weighted by atomic mass is 31.2. The molecule has 6 atom stereocenters. The van der Waals surface area contributed by atoms with E-state index in [-0.39, 0.29) is 57.5 Å². The molecule has 0 aliphatic carbocycles. The van der Waals surface area contributed by atoms with E-state index in [1.54, 1.807) is 21.3 Å². The lowest BCUT2D eigenvalue weighted by Gasteiger charge is -2.47. The summed E-state index contributed by atoms with van der Waals surface area (Å²) in [7, 11) is 3.07. The number of benzene rings is 4. The molecule has 0 radical (unpaired) electrons. The van der Waals surface area contributed by atoms with Gasteiger partial charge in [-0.05, 0) is 86.3 Å². The fraction of sp³-hybridized carbons (Fsp3) is 0.460. The molecule has 1 saturated heterocycles. The van der Waals surface area contributed by atoms with Gasteiger partial charge in [0, 0.05) is 31.5 Å². The minimum Gasteiger partial charge on any atom is -0.497 e. The molecule has 2 N–H and O–H groups in total. The largest absolute Gasteiger partial charge is 0.497 e. The Hall–Kier alpha value is -5.30. The van der Waals surface area contributed by atoms with Gasteiger partial charge in [-0.15, -0.1) is 0 Å². The summed E-state index contributed by atoms with van der Waals surface area (Å²) in [5.41, 5.74) is 2.31. The topological polar surface area (TPSA) is 149 Å². The number of alkyl carbamates (subject to hydrolysis) is 1. The molecule has 4 aromatic carbocycles. The summed E-state index contributed by atoms with van der Waals surface area (Å²) >= 11 is 0. The molecular weight excluding hydrogens is 864 g/mol. The number of rotatable bonds is 24. The Balaban J connectivity index is 1.44. The van der Waals surface area contributed by atoms with E-state index in [0.717, 1.165) is 22.3 Å². The summed E-state index contributed by atoms with van der Waals surface area (Å²) in [6.45, 7) is 19.3. The lowest BCUT2D eigenvalue weighted by atomic mass is 9.80. The molecule has 1 heterocycles. The average Bonchev–Trinajstić information content (AvgIpc) is 3.32. The fourth-order valence-corrected chi connectivity index (χ4v) is 9.82. The number of carbonyl (C=O) groups is 2. The fourth-order valence-electron chi connectivity index (χ4n) is 7.99. The second-order valence-electron chi connectivity index (χ2n) is 16.2. The molecule has 5 rings (SSSR count). The first kappa shape index (κ1) is 51.7. The predicted molar refractivity (Wildman–Crippen MR) is 252 cm³/mol. The van der Waals surface area contributed by atoms with Crippen LogP contribution in [0.4, 0.5) is 4.79 Å². The third-order valence-corrected chi connectivity index (χ3v) is 13.2. The van der Waals surface area contributed by atoms with Gasteiger partial charge < -0.3 is 57.7 Å².